The Morgan fingerprint density at radius 1 is 1.25 bits per heavy atom. The molecule has 1 N–H and O–H groups in total. The van der Waals surface area contributed by atoms with Gasteiger partial charge < -0.3 is 10.1 Å². The van der Waals surface area contributed by atoms with E-state index in [1.54, 1.807) is 0 Å². The van der Waals surface area contributed by atoms with Crippen LogP contribution in [0, 0.1) is 6.92 Å². The summed E-state index contributed by atoms with van der Waals surface area (Å²) in [5, 5.41) is 4.03. The van der Waals surface area contributed by atoms with E-state index < -0.39 is 0 Å². The average Bonchev–Trinajstić information content (AvgIpc) is 2.43. The number of nitrogens with one attached hydrogen (secondary N) is 1. The van der Waals surface area contributed by atoms with E-state index in [0.29, 0.717) is 10.9 Å². The lowest BCUT2D eigenvalue weighted by Gasteiger charge is -2.09. The van der Waals surface area contributed by atoms with E-state index in [1.165, 1.54) is 0 Å². The molecular weight excluding hydrogens is 272 g/mol. The van der Waals surface area contributed by atoms with Crippen molar-refractivity contribution in [2.75, 3.05) is 6.54 Å². The summed E-state index contributed by atoms with van der Waals surface area (Å²) in [5.41, 5.74) is 1.97. The van der Waals surface area contributed by atoms with E-state index in [1.807, 2.05) is 43.3 Å². The molecule has 0 unspecified atom stereocenters. The molecule has 4 heteroatoms. The lowest BCUT2D eigenvalue weighted by Crippen LogP contribution is -2.14. The van der Waals surface area contributed by atoms with Gasteiger partial charge in [0.05, 0.1) is 5.69 Å². The topological polar surface area (TPSA) is 34.1 Å². The monoisotopic (exact) mass is 290 g/mol. The smallest absolute Gasteiger partial charge is 0.219 e. The zero-order chi connectivity index (χ0) is 14.4. The predicted molar refractivity (Wildman–Crippen MR) is 82.5 cm³/mol. The quantitative estimate of drug-likeness (QED) is 0.804. The maximum absolute atomic E-state index is 5.94. The Morgan fingerprint density at radius 3 is 2.85 bits per heavy atom. The number of hydrogen-bond acceptors (Lipinski definition) is 3. The molecule has 106 valence electrons. The third-order valence-corrected chi connectivity index (χ3v) is 3.10. The van der Waals surface area contributed by atoms with Crippen molar-refractivity contribution in [1.29, 1.82) is 0 Å². The lowest BCUT2D eigenvalue weighted by atomic mass is 10.2. The predicted octanol–water partition coefficient (Wildman–Crippen LogP) is 4.34. The number of ether oxygens (including phenoxy) is 1. The third-order valence-electron chi connectivity index (χ3n) is 2.87. The molecule has 0 saturated heterocycles. The van der Waals surface area contributed by atoms with Crippen LogP contribution < -0.4 is 10.1 Å². The molecule has 2 rings (SSSR count). The highest BCUT2D eigenvalue weighted by molar-refractivity contribution is 6.30. The van der Waals surface area contributed by atoms with Crippen molar-refractivity contribution in [2.45, 2.75) is 26.8 Å². The minimum atomic E-state index is 0.603. The van der Waals surface area contributed by atoms with Gasteiger partial charge in [-0.3, -0.25) is 0 Å². The summed E-state index contributed by atoms with van der Waals surface area (Å²) >= 11 is 5.94. The summed E-state index contributed by atoms with van der Waals surface area (Å²) in [5.74, 6) is 1.38. The highest BCUT2D eigenvalue weighted by atomic mass is 35.5. The minimum Gasteiger partial charge on any atom is -0.439 e. The van der Waals surface area contributed by atoms with E-state index in [-0.39, 0.29) is 0 Å². The number of aromatic nitrogens is 1. The molecule has 1 aromatic heterocycles. The number of halogens is 1. The van der Waals surface area contributed by atoms with Crippen LogP contribution in [0.4, 0.5) is 0 Å². The molecule has 0 bridgehead atoms. The van der Waals surface area contributed by atoms with Crippen LogP contribution in [0.15, 0.2) is 36.4 Å². The van der Waals surface area contributed by atoms with Crippen molar-refractivity contribution in [3.8, 4) is 11.6 Å². The first-order valence-corrected chi connectivity index (χ1v) is 7.17. The molecule has 1 heterocycles. The number of hydrogen-bond donors (Lipinski definition) is 1. The van der Waals surface area contributed by atoms with Gasteiger partial charge in [-0.05, 0) is 49.7 Å². The number of benzene rings is 1. The summed E-state index contributed by atoms with van der Waals surface area (Å²) in [6.07, 6.45) is 1.11. The van der Waals surface area contributed by atoms with Crippen LogP contribution >= 0.6 is 11.6 Å². The van der Waals surface area contributed by atoms with Crippen molar-refractivity contribution in [2.24, 2.45) is 0 Å². The fraction of sp³-hybridized carbons (Fsp3) is 0.312. The molecule has 0 aliphatic rings. The van der Waals surface area contributed by atoms with Crippen molar-refractivity contribution in [1.82, 2.24) is 10.3 Å². The molecule has 3 nitrogen and oxygen atoms in total. The van der Waals surface area contributed by atoms with Crippen LogP contribution in [0.3, 0.4) is 0 Å². The Labute approximate surface area is 124 Å². The molecule has 0 spiro atoms. The zero-order valence-corrected chi connectivity index (χ0v) is 12.6. The molecule has 20 heavy (non-hydrogen) atoms. The molecule has 0 atom stereocenters. The first-order chi connectivity index (χ1) is 9.69. The van der Waals surface area contributed by atoms with Gasteiger partial charge in [0.1, 0.15) is 5.75 Å². The summed E-state index contributed by atoms with van der Waals surface area (Å²) in [4.78, 5) is 4.49. The van der Waals surface area contributed by atoms with Crippen molar-refractivity contribution in [3.63, 3.8) is 0 Å². The Balaban J connectivity index is 2.07. The van der Waals surface area contributed by atoms with Gasteiger partial charge in [-0.1, -0.05) is 24.6 Å². The summed E-state index contributed by atoms with van der Waals surface area (Å²) in [6.45, 7) is 5.85. The van der Waals surface area contributed by atoms with E-state index in [0.717, 1.165) is 36.5 Å². The standard InChI is InChI=1S/C16H19ClN2O/c1-3-9-18-11-14-5-4-6-16(19-14)20-15-8-7-13(17)10-12(15)2/h4-8,10,18H,3,9,11H2,1-2H3. The molecule has 0 saturated carbocycles. The molecule has 0 aliphatic heterocycles. The van der Waals surface area contributed by atoms with Gasteiger partial charge in [0.15, 0.2) is 0 Å². The molecule has 0 amide bonds. The third kappa shape index (κ3) is 4.22. The molecule has 0 aliphatic carbocycles. The van der Waals surface area contributed by atoms with Crippen LogP contribution in [0.1, 0.15) is 24.6 Å². The number of rotatable bonds is 6. The van der Waals surface area contributed by atoms with E-state index >= 15 is 0 Å². The maximum Gasteiger partial charge on any atom is 0.219 e. The first-order valence-electron chi connectivity index (χ1n) is 6.79. The highest BCUT2D eigenvalue weighted by Crippen LogP contribution is 2.26. The Morgan fingerprint density at radius 2 is 2.10 bits per heavy atom. The SMILES string of the molecule is CCCNCc1cccc(Oc2ccc(Cl)cc2C)n1. The lowest BCUT2D eigenvalue weighted by molar-refractivity contribution is 0.456. The van der Waals surface area contributed by atoms with Gasteiger partial charge in [0, 0.05) is 17.6 Å². The molecule has 1 aromatic carbocycles. The van der Waals surface area contributed by atoms with Gasteiger partial charge in [0.25, 0.3) is 0 Å². The molecule has 2 aromatic rings. The Kier molecular flexibility index (Phi) is 5.39. The fourth-order valence-corrected chi connectivity index (χ4v) is 2.07. The molecule has 0 fully saturated rings. The number of pyridine rings is 1. The van der Waals surface area contributed by atoms with E-state index in [9.17, 15) is 0 Å². The Hall–Kier alpha value is -1.58. The second-order valence-corrected chi connectivity index (χ2v) is 5.09. The van der Waals surface area contributed by atoms with Crippen LogP contribution in [0.2, 0.25) is 5.02 Å². The molecular formula is C16H19ClN2O. The maximum atomic E-state index is 5.94. The van der Waals surface area contributed by atoms with Crippen molar-refractivity contribution < 1.29 is 4.74 Å². The number of aryl methyl sites for hydroxylation is 1. The van der Waals surface area contributed by atoms with Gasteiger partial charge in [-0.2, -0.15) is 0 Å². The van der Waals surface area contributed by atoms with Crippen LogP contribution in [0.25, 0.3) is 0 Å². The largest absolute Gasteiger partial charge is 0.439 e. The normalized spacial score (nSPS) is 10.6. The van der Waals surface area contributed by atoms with Gasteiger partial charge in [-0.15, -0.1) is 0 Å². The average molecular weight is 291 g/mol. The van der Waals surface area contributed by atoms with Gasteiger partial charge >= 0.3 is 0 Å². The van der Waals surface area contributed by atoms with Crippen molar-refractivity contribution >= 4 is 11.6 Å². The Bertz CT molecular complexity index is 572. The minimum absolute atomic E-state index is 0.603. The summed E-state index contributed by atoms with van der Waals surface area (Å²) < 4.78 is 5.81. The summed E-state index contributed by atoms with van der Waals surface area (Å²) in [6, 6.07) is 11.4. The summed E-state index contributed by atoms with van der Waals surface area (Å²) in [7, 11) is 0. The van der Waals surface area contributed by atoms with Crippen molar-refractivity contribution in [3.05, 3.63) is 52.7 Å². The van der Waals surface area contributed by atoms with Crippen LogP contribution in [-0.4, -0.2) is 11.5 Å². The van der Waals surface area contributed by atoms with Gasteiger partial charge in [-0.25, -0.2) is 4.98 Å². The second-order valence-electron chi connectivity index (χ2n) is 4.66. The van der Waals surface area contributed by atoms with Gasteiger partial charge in [0.2, 0.25) is 5.88 Å². The van der Waals surface area contributed by atoms with Crippen LogP contribution in [-0.2, 0) is 6.54 Å². The molecule has 0 radical (unpaired) electrons. The second kappa shape index (κ2) is 7.27. The van der Waals surface area contributed by atoms with E-state index in [4.69, 9.17) is 16.3 Å². The highest BCUT2D eigenvalue weighted by Gasteiger charge is 2.04. The first kappa shape index (κ1) is 14.8. The van der Waals surface area contributed by atoms with E-state index in [2.05, 4.69) is 17.2 Å². The van der Waals surface area contributed by atoms with Crippen LogP contribution in [0.5, 0.6) is 11.6 Å². The number of nitrogens with zero attached hydrogens (tertiary/aromatic N) is 1. The zero-order valence-electron chi connectivity index (χ0n) is 11.8. The fourth-order valence-electron chi connectivity index (χ4n) is 1.85.